The molecule has 0 bridgehead atoms. The van der Waals surface area contributed by atoms with Crippen LogP contribution in [-0.4, -0.2) is 63.5 Å². The maximum absolute atomic E-state index is 12.1. The van der Waals surface area contributed by atoms with Gasteiger partial charge in [0, 0.05) is 25.2 Å². The third-order valence-electron chi connectivity index (χ3n) is 3.37. The summed E-state index contributed by atoms with van der Waals surface area (Å²) < 4.78 is 0. The van der Waals surface area contributed by atoms with E-state index in [1.54, 1.807) is 18.7 Å². The number of carboxylic acids is 1. The zero-order valence-corrected chi connectivity index (χ0v) is 12.4. The van der Waals surface area contributed by atoms with E-state index in [1.165, 1.54) is 0 Å². The van der Waals surface area contributed by atoms with Gasteiger partial charge in [0.1, 0.15) is 6.04 Å². The van der Waals surface area contributed by atoms with E-state index >= 15 is 0 Å². The summed E-state index contributed by atoms with van der Waals surface area (Å²) in [4.78, 5) is 27.0. The van der Waals surface area contributed by atoms with Crippen LogP contribution >= 0.6 is 0 Å². The van der Waals surface area contributed by atoms with Crippen molar-refractivity contribution in [3.8, 4) is 0 Å². The molecule has 6 nitrogen and oxygen atoms in total. The molecule has 1 rings (SSSR count). The molecule has 3 N–H and O–H groups in total. The van der Waals surface area contributed by atoms with Crippen LogP contribution in [0.1, 0.15) is 34.6 Å². The number of aliphatic carboxylic acids is 1. The zero-order valence-electron chi connectivity index (χ0n) is 12.4. The molecular weight excluding hydrogens is 246 g/mol. The van der Waals surface area contributed by atoms with Crippen molar-refractivity contribution in [3.63, 3.8) is 0 Å². The minimum Gasteiger partial charge on any atom is -0.480 e. The molecule has 1 amide bonds. The van der Waals surface area contributed by atoms with Crippen LogP contribution < -0.4 is 5.73 Å². The molecule has 0 aromatic carbocycles. The van der Waals surface area contributed by atoms with Gasteiger partial charge in [-0.25, -0.2) is 0 Å². The number of piperazine rings is 1. The largest absolute Gasteiger partial charge is 0.480 e. The highest BCUT2D eigenvalue weighted by Crippen LogP contribution is 2.22. The Morgan fingerprint density at radius 1 is 1.16 bits per heavy atom. The van der Waals surface area contributed by atoms with Crippen molar-refractivity contribution in [1.29, 1.82) is 0 Å². The first-order chi connectivity index (χ1) is 8.44. The van der Waals surface area contributed by atoms with Crippen molar-refractivity contribution in [2.24, 2.45) is 5.73 Å². The summed E-state index contributed by atoms with van der Waals surface area (Å²) in [7, 11) is 0. The molecule has 1 aliphatic rings. The summed E-state index contributed by atoms with van der Waals surface area (Å²) in [5.41, 5.74) is 4.59. The van der Waals surface area contributed by atoms with Crippen LogP contribution in [0.4, 0.5) is 0 Å². The van der Waals surface area contributed by atoms with Gasteiger partial charge in [-0.05, 0) is 34.6 Å². The number of nitrogens with zero attached hydrogens (tertiary/aromatic N) is 2. The van der Waals surface area contributed by atoms with Gasteiger partial charge in [0.15, 0.2) is 0 Å². The van der Waals surface area contributed by atoms with Gasteiger partial charge in [0.05, 0.1) is 5.54 Å². The Balaban J connectivity index is 2.89. The number of carboxylic acid groups (broad SMARTS) is 1. The molecule has 0 aromatic heterocycles. The van der Waals surface area contributed by atoms with E-state index in [0.29, 0.717) is 13.1 Å². The first-order valence-electron chi connectivity index (χ1n) is 6.52. The average molecular weight is 271 g/mol. The predicted octanol–water partition coefficient (Wildman–Crippen LogP) is 0.120. The smallest absolute Gasteiger partial charge is 0.322 e. The van der Waals surface area contributed by atoms with Gasteiger partial charge in [0.2, 0.25) is 5.91 Å². The topological polar surface area (TPSA) is 86.9 Å². The van der Waals surface area contributed by atoms with Crippen LogP contribution in [0, 0.1) is 0 Å². The lowest BCUT2D eigenvalue weighted by Crippen LogP contribution is -2.65. The lowest BCUT2D eigenvalue weighted by atomic mass is 9.98. The molecule has 1 fully saturated rings. The standard InChI is InChI=1S/C13H25N3O3/c1-12(2,3)16-7-6-15(8-9(16)10(17)18)11(19)13(4,5)14/h9H,6-8,14H2,1-5H3,(H,17,18). The fraction of sp³-hybridized carbons (Fsp3) is 0.846. The fourth-order valence-electron chi connectivity index (χ4n) is 2.39. The van der Waals surface area contributed by atoms with Crippen molar-refractivity contribution < 1.29 is 14.7 Å². The van der Waals surface area contributed by atoms with Gasteiger partial charge < -0.3 is 15.7 Å². The summed E-state index contributed by atoms with van der Waals surface area (Å²) >= 11 is 0. The summed E-state index contributed by atoms with van der Waals surface area (Å²) in [6.07, 6.45) is 0. The number of carbonyl (C=O) groups excluding carboxylic acids is 1. The van der Waals surface area contributed by atoms with E-state index < -0.39 is 17.6 Å². The number of carbonyl (C=O) groups is 2. The van der Waals surface area contributed by atoms with Crippen LogP contribution in [0.25, 0.3) is 0 Å². The molecule has 0 aromatic rings. The Labute approximate surface area is 114 Å². The average Bonchev–Trinajstić information content (AvgIpc) is 2.24. The molecule has 0 radical (unpaired) electrons. The molecule has 1 saturated heterocycles. The molecule has 1 heterocycles. The molecule has 0 saturated carbocycles. The lowest BCUT2D eigenvalue weighted by molar-refractivity contribution is -0.153. The highest BCUT2D eigenvalue weighted by atomic mass is 16.4. The quantitative estimate of drug-likeness (QED) is 0.745. The van der Waals surface area contributed by atoms with E-state index in [2.05, 4.69) is 0 Å². The van der Waals surface area contributed by atoms with E-state index in [4.69, 9.17) is 5.73 Å². The van der Waals surface area contributed by atoms with Crippen molar-refractivity contribution in [2.45, 2.75) is 51.7 Å². The molecule has 1 atom stereocenters. The number of amides is 1. The minimum absolute atomic E-state index is 0.187. The van der Waals surface area contributed by atoms with Crippen LogP contribution in [0.5, 0.6) is 0 Å². The molecule has 110 valence electrons. The summed E-state index contributed by atoms with van der Waals surface area (Å²) in [6.45, 7) is 10.5. The third kappa shape index (κ3) is 3.67. The highest BCUT2D eigenvalue weighted by Gasteiger charge is 2.41. The second kappa shape index (κ2) is 5.09. The Hall–Kier alpha value is -1.14. The van der Waals surface area contributed by atoms with Gasteiger partial charge in [-0.2, -0.15) is 0 Å². The summed E-state index contributed by atoms with van der Waals surface area (Å²) in [6, 6.07) is -0.681. The zero-order chi connectivity index (χ0) is 15.0. The lowest BCUT2D eigenvalue weighted by Gasteiger charge is -2.47. The fourth-order valence-corrected chi connectivity index (χ4v) is 2.39. The normalized spacial score (nSPS) is 22.4. The summed E-state index contributed by atoms with van der Waals surface area (Å²) in [5.74, 6) is -1.10. The van der Waals surface area contributed by atoms with Crippen LogP contribution in [0.2, 0.25) is 0 Å². The SMILES string of the molecule is CC(C)(N)C(=O)N1CCN(C(C)(C)C)C(C(=O)O)C1. The molecule has 1 unspecified atom stereocenters. The van der Waals surface area contributed by atoms with E-state index in [0.717, 1.165) is 0 Å². The van der Waals surface area contributed by atoms with E-state index in [9.17, 15) is 14.7 Å². The highest BCUT2D eigenvalue weighted by molar-refractivity contribution is 5.86. The third-order valence-corrected chi connectivity index (χ3v) is 3.37. The molecule has 1 aliphatic heterocycles. The van der Waals surface area contributed by atoms with E-state index in [-0.39, 0.29) is 18.0 Å². The number of rotatable bonds is 2. The van der Waals surface area contributed by atoms with E-state index in [1.807, 2.05) is 25.7 Å². The van der Waals surface area contributed by atoms with Gasteiger partial charge in [0.25, 0.3) is 0 Å². The van der Waals surface area contributed by atoms with Crippen molar-refractivity contribution >= 4 is 11.9 Å². The van der Waals surface area contributed by atoms with Crippen LogP contribution in [0.15, 0.2) is 0 Å². The Bertz CT molecular complexity index is 368. The van der Waals surface area contributed by atoms with Crippen molar-refractivity contribution in [1.82, 2.24) is 9.80 Å². The monoisotopic (exact) mass is 271 g/mol. The number of nitrogens with two attached hydrogens (primary N) is 1. The Kier molecular flexibility index (Phi) is 4.27. The molecule has 0 spiro atoms. The summed E-state index contributed by atoms with van der Waals surface area (Å²) in [5, 5.41) is 9.36. The first-order valence-corrected chi connectivity index (χ1v) is 6.52. The van der Waals surface area contributed by atoms with Gasteiger partial charge in [-0.3, -0.25) is 14.5 Å². The molecule has 0 aliphatic carbocycles. The Morgan fingerprint density at radius 2 is 1.68 bits per heavy atom. The maximum atomic E-state index is 12.1. The molecule has 19 heavy (non-hydrogen) atoms. The molecule has 6 heteroatoms. The van der Waals surface area contributed by atoms with Gasteiger partial charge >= 0.3 is 5.97 Å². The second-order valence-electron chi connectivity index (χ2n) is 6.69. The van der Waals surface area contributed by atoms with Gasteiger partial charge in [-0.15, -0.1) is 0 Å². The van der Waals surface area contributed by atoms with Crippen molar-refractivity contribution in [3.05, 3.63) is 0 Å². The van der Waals surface area contributed by atoms with Gasteiger partial charge in [-0.1, -0.05) is 0 Å². The minimum atomic E-state index is -0.965. The predicted molar refractivity (Wildman–Crippen MR) is 72.7 cm³/mol. The van der Waals surface area contributed by atoms with Crippen molar-refractivity contribution in [2.75, 3.05) is 19.6 Å². The maximum Gasteiger partial charge on any atom is 0.322 e. The molecular formula is C13H25N3O3. The Morgan fingerprint density at radius 3 is 2.05 bits per heavy atom. The first kappa shape index (κ1) is 15.9. The van der Waals surface area contributed by atoms with Crippen LogP contribution in [0.3, 0.4) is 0 Å². The van der Waals surface area contributed by atoms with Crippen LogP contribution in [-0.2, 0) is 9.59 Å². The second-order valence-corrected chi connectivity index (χ2v) is 6.69. The number of hydrogen-bond acceptors (Lipinski definition) is 4. The number of hydrogen-bond donors (Lipinski definition) is 2.